The number of nitrogen functional groups attached to an aromatic ring is 1. The highest BCUT2D eigenvalue weighted by atomic mass is 19.1. The van der Waals surface area contributed by atoms with Gasteiger partial charge >= 0.3 is 6.03 Å². The number of nitrogens with one attached hydrogen (secondary N) is 1. The Labute approximate surface area is 378 Å². The molecule has 0 aliphatic carbocycles. The molecule has 6 fully saturated rings. The first-order valence-corrected chi connectivity index (χ1v) is 22.9. The molecule has 1 aromatic heterocycles. The van der Waals surface area contributed by atoms with Crippen LogP contribution in [0.1, 0.15) is 51.0 Å². The number of hydrogen-bond acceptors (Lipinski definition) is 13. The van der Waals surface area contributed by atoms with E-state index in [2.05, 4.69) is 65.4 Å². The molecular formula is C48H57FN10O6. The number of hydrogen-bond donors (Lipinski definition) is 3. The molecule has 4 amide bonds. The van der Waals surface area contributed by atoms with Crippen LogP contribution in [0, 0.1) is 5.82 Å². The first-order chi connectivity index (χ1) is 31.4. The number of ether oxygens (including phenoxy) is 2. The van der Waals surface area contributed by atoms with Gasteiger partial charge in [-0.25, -0.2) is 9.18 Å². The average molecular weight is 889 g/mol. The number of carbonyl (C=O) groups is 3. The number of nitrogens with two attached hydrogens (primary N) is 1. The van der Waals surface area contributed by atoms with Crippen LogP contribution >= 0.6 is 0 Å². The number of halogens is 1. The fraction of sp³-hybridized carbons (Fsp3) is 0.479. The number of aromatic hydroxyl groups is 1. The number of imide groups is 1. The van der Waals surface area contributed by atoms with Gasteiger partial charge in [-0.05, 0) is 75.1 Å². The maximum Gasteiger partial charge on any atom is 0.319 e. The summed E-state index contributed by atoms with van der Waals surface area (Å²) in [6.45, 7) is 7.99. The topological polar surface area (TPSA) is 173 Å². The second-order valence-electron chi connectivity index (χ2n) is 18.5. The van der Waals surface area contributed by atoms with Crippen LogP contribution < -0.4 is 35.4 Å². The second kappa shape index (κ2) is 17.2. The number of urea groups is 1. The van der Waals surface area contributed by atoms with Gasteiger partial charge in [-0.1, -0.05) is 18.2 Å². The monoisotopic (exact) mass is 888 g/mol. The molecule has 16 nitrogen and oxygen atoms in total. The van der Waals surface area contributed by atoms with Crippen molar-refractivity contribution in [2.24, 2.45) is 0 Å². The molecule has 11 rings (SSSR count). The summed E-state index contributed by atoms with van der Waals surface area (Å²) in [6.07, 6.45) is 4.78. The Balaban J connectivity index is 0.722. The highest BCUT2D eigenvalue weighted by Crippen LogP contribution is 2.42. The number of rotatable bonds is 8. The third-order valence-electron chi connectivity index (χ3n) is 14.6. The molecule has 3 atom stereocenters. The summed E-state index contributed by atoms with van der Waals surface area (Å²) < 4.78 is 27.0. The molecule has 8 heterocycles. The fourth-order valence-electron chi connectivity index (χ4n) is 10.8. The molecule has 4 aromatic rings. The van der Waals surface area contributed by atoms with Crippen LogP contribution in [0.3, 0.4) is 0 Å². The highest BCUT2D eigenvalue weighted by molar-refractivity contribution is 6.04. The van der Waals surface area contributed by atoms with E-state index in [-0.39, 0.29) is 53.5 Å². The molecule has 17 heteroatoms. The molecule has 7 aliphatic heterocycles. The molecule has 7 aliphatic rings. The van der Waals surface area contributed by atoms with E-state index in [0.717, 1.165) is 68.9 Å². The fourth-order valence-corrected chi connectivity index (χ4v) is 10.8. The van der Waals surface area contributed by atoms with E-state index < -0.39 is 17.1 Å². The molecule has 2 bridgehead atoms. The molecule has 3 aromatic carbocycles. The maximum atomic E-state index is 14.2. The van der Waals surface area contributed by atoms with Gasteiger partial charge in [-0.2, -0.15) is 0 Å². The maximum absolute atomic E-state index is 14.2. The first kappa shape index (κ1) is 42.6. The number of likely N-dealkylation sites (tertiary alicyclic amines) is 1. The minimum atomic E-state index is -0.751. The van der Waals surface area contributed by atoms with Crippen LogP contribution in [-0.4, -0.2) is 139 Å². The van der Waals surface area contributed by atoms with Crippen molar-refractivity contribution in [3.63, 3.8) is 0 Å². The van der Waals surface area contributed by atoms with Crippen LogP contribution in [-0.2, 0) is 20.7 Å². The number of amides is 4. The lowest BCUT2D eigenvalue weighted by Crippen LogP contribution is -2.61. The number of phenols is 1. The number of nitrogens with zero attached hydrogens (tertiary/aromatic N) is 8. The van der Waals surface area contributed by atoms with E-state index in [1.165, 1.54) is 23.4 Å². The zero-order valence-corrected chi connectivity index (χ0v) is 37.0. The van der Waals surface area contributed by atoms with Crippen molar-refractivity contribution < 1.29 is 33.4 Å². The molecule has 0 saturated carbocycles. The van der Waals surface area contributed by atoms with Gasteiger partial charge < -0.3 is 49.7 Å². The predicted octanol–water partition coefficient (Wildman–Crippen LogP) is 4.79. The van der Waals surface area contributed by atoms with Gasteiger partial charge in [0.2, 0.25) is 5.91 Å². The van der Waals surface area contributed by atoms with Crippen molar-refractivity contribution in [1.82, 2.24) is 25.3 Å². The Bertz CT molecular complexity index is 2480. The quantitative estimate of drug-likeness (QED) is 0.207. The number of carbonyl (C=O) groups excluding carboxylic acids is 3. The second-order valence-corrected chi connectivity index (χ2v) is 18.5. The van der Waals surface area contributed by atoms with Crippen molar-refractivity contribution in [3.8, 4) is 22.8 Å². The standard InChI is InChI=1S/C48H57FN10O6/c1-48(18-12-43(60)51-46(48)62)59-23-17-37-40(10-5-11-41(37)59)55-19-13-30(14-20-55)54(2)47(63)56-21-15-33(16-22-56)65-34-7-3-6-31(24-34)58-28-35-27-57(26-32(58)29-64-35)42-25-39(52-53-45(42)50)36-8-4-9-38(49)44(36)61/h3-11,24-25,30,32-33,35,61H,12-23,26-29H2,1-2H3,(H2,50,53)(H,51,60,62)/t32-,35?,48+/m1/s1. The Kier molecular flexibility index (Phi) is 11.3. The van der Waals surface area contributed by atoms with E-state index in [1.54, 1.807) is 12.1 Å². The number of fused-ring (bicyclic) bond motifs is 5. The summed E-state index contributed by atoms with van der Waals surface area (Å²) in [5, 5.41) is 21.3. The minimum Gasteiger partial charge on any atom is -0.504 e. The molecule has 4 N–H and O–H groups in total. The lowest BCUT2D eigenvalue weighted by molar-refractivity contribution is -0.137. The van der Waals surface area contributed by atoms with E-state index in [1.807, 2.05) is 35.9 Å². The predicted molar refractivity (Wildman–Crippen MR) is 245 cm³/mol. The van der Waals surface area contributed by atoms with Crippen LogP contribution in [0.5, 0.6) is 11.5 Å². The van der Waals surface area contributed by atoms with Crippen molar-refractivity contribution in [2.75, 3.05) is 91.3 Å². The number of morpholine rings is 1. The van der Waals surface area contributed by atoms with Crippen LogP contribution in [0.2, 0.25) is 0 Å². The highest BCUT2D eigenvalue weighted by Gasteiger charge is 2.46. The average Bonchev–Trinajstić information content (AvgIpc) is 3.56. The Hall–Kier alpha value is -6.36. The van der Waals surface area contributed by atoms with Crippen LogP contribution in [0.25, 0.3) is 11.3 Å². The van der Waals surface area contributed by atoms with Crippen molar-refractivity contribution >= 4 is 46.4 Å². The molecule has 0 radical (unpaired) electrons. The van der Waals surface area contributed by atoms with Gasteiger partial charge in [0.15, 0.2) is 17.4 Å². The molecule has 65 heavy (non-hydrogen) atoms. The van der Waals surface area contributed by atoms with Crippen molar-refractivity contribution in [3.05, 3.63) is 78.1 Å². The lowest BCUT2D eigenvalue weighted by atomic mass is 9.89. The van der Waals surface area contributed by atoms with Gasteiger partial charge in [-0.3, -0.25) is 14.9 Å². The zero-order valence-electron chi connectivity index (χ0n) is 37.0. The number of aromatic nitrogens is 2. The van der Waals surface area contributed by atoms with Crippen LogP contribution in [0.15, 0.2) is 66.7 Å². The van der Waals surface area contributed by atoms with Gasteiger partial charge in [0, 0.05) is 119 Å². The summed E-state index contributed by atoms with van der Waals surface area (Å²) in [4.78, 5) is 51.8. The number of piperidine rings is 3. The third-order valence-corrected chi connectivity index (χ3v) is 14.6. The zero-order chi connectivity index (χ0) is 45.0. The SMILES string of the molecule is CN(C(=O)N1CCC(Oc2cccc(N3CC4CN(c5cc(-c6cccc(F)c6O)nnc5N)C[C@@H]3CO4)c2)CC1)C1CCN(c2cccc3c2CCN3[C@@]2(C)CCC(=O)NC2=O)CC1. The number of benzene rings is 3. The summed E-state index contributed by atoms with van der Waals surface area (Å²) in [5.41, 5.74) is 11.4. The Morgan fingerprint density at radius 1 is 0.908 bits per heavy atom. The molecule has 342 valence electrons. The molecular weight excluding hydrogens is 832 g/mol. The molecule has 1 unspecified atom stereocenters. The third kappa shape index (κ3) is 8.08. The number of anilines is 5. The van der Waals surface area contributed by atoms with Gasteiger partial charge in [-0.15, -0.1) is 10.2 Å². The molecule has 6 saturated heterocycles. The minimum absolute atomic E-state index is 0.00153. The van der Waals surface area contributed by atoms with E-state index in [0.29, 0.717) is 63.6 Å². The van der Waals surface area contributed by atoms with E-state index >= 15 is 0 Å². The van der Waals surface area contributed by atoms with Gasteiger partial charge in [0.25, 0.3) is 5.91 Å². The first-order valence-electron chi connectivity index (χ1n) is 22.9. The van der Waals surface area contributed by atoms with Crippen molar-refractivity contribution in [2.45, 2.75) is 81.7 Å². The van der Waals surface area contributed by atoms with E-state index in [4.69, 9.17) is 15.2 Å². The van der Waals surface area contributed by atoms with Crippen molar-refractivity contribution in [1.29, 1.82) is 0 Å². The van der Waals surface area contributed by atoms with Gasteiger partial charge in [0.05, 0.1) is 30.1 Å². The Morgan fingerprint density at radius 3 is 2.48 bits per heavy atom. The smallest absolute Gasteiger partial charge is 0.319 e. The summed E-state index contributed by atoms with van der Waals surface area (Å²) >= 11 is 0. The van der Waals surface area contributed by atoms with Crippen LogP contribution in [0.4, 0.5) is 37.8 Å². The number of para-hydroxylation sites is 1. The summed E-state index contributed by atoms with van der Waals surface area (Å²) in [5.74, 6) is -0.600. The largest absolute Gasteiger partial charge is 0.504 e. The molecule has 0 spiro atoms. The number of phenolic OH excluding ortho intramolecular Hbond substituents is 1. The summed E-state index contributed by atoms with van der Waals surface area (Å²) in [6, 6.07) is 20.8. The summed E-state index contributed by atoms with van der Waals surface area (Å²) in [7, 11) is 1.94. The van der Waals surface area contributed by atoms with E-state index in [9.17, 15) is 23.9 Å². The Morgan fingerprint density at radius 2 is 1.68 bits per heavy atom. The van der Waals surface area contributed by atoms with Gasteiger partial charge in [0.1, 0.15) is 17.4 Å². The normalized spacial score (nSPS) is 24.0. The lowest BCUT2D eigenvalue weighted by Gasteiger charge is -2.42.